The molecule has 1 heterocycles. The number of aromatic amines is 1. The van der Waals surface area contributed by atoms with Gasteiger partial charge in [-0.05, 0) is 49.5 Å². The Morgan fingerprint density at radius 1 is 1.31 bits per heavy atom. The van der Waals surface area contributed by atoms with Gasteiger partial charge in [-0.2, -0.15) is 0 Å². The third kappa shape index (κ3) is 4.38. The third-order valence-electron chi connectivity index (χ3n) is 3.91. The maximum absolute atomic E-state index is 12.3. The zero-order chi connectivity index (χ0) is 21.0. The lowest BCUT2D eigenvalue weighted by atomic mass is 10.2. The van der Waals surface area contributed by atoms with Gasteiger partial charge in [-0.15, -0.1) is 0 Å². The van der Waals surface area contributed by atoms with Crippen molar-refractivity contribution in [2.75, 3.05) is 6.61 Å². The van der Waals surface area contributed by atoms with Crippen LogP contribution in [0.4, 0.5) is 11.4 Å². The average Bonchev–Trinajstić information content (AvgIpc) is 2.69. The Morgan fingerprint density at radius 3 is 2.69 bits per heavy atom. The van der Waals surface area contributed by atoms with Crippen LogP contribution in [0.15, 0.2) is 58.3 Å². The molecule has 0 aliphatic carbocycles. The fourth-order valence-electron chi connectivity index (χ4n) is 2.58. The molecular formula is C19H16N4O5S. The molecule has 0 amide bonds. The number of nitro benzene ring substituents is 1. The van der Waals surface area contributed by atoms with Gasteiger partial charge in [0.05, 0.1) is 22.9 Å². The summed E-state index contributed by atoms with van der Waals surface area (Å²) < 4.78 is 6.67. The van der Waals surface area contributed by atoms with Crippen LogP contribution in [-0.4, -0.2) is 32.4 Å². The van der Waals surface area contributed by atoms with E-state index in [1.165, 1.54) is 28.8 Å². The Hall–Kier alpha value is -3.79. The first kappa shape index (κ1) is 20.0. The lowest BCUT2D eigenvalue weighted by Crippen LogP contribution is -2.18. The van der Waals surface area contributed by atoms with E-state index in [1.54, 1.807) is 24.3 Å². The van der Waals surface area contributed by atoms with Crippen LogP contribution >= 0.6 is 12.2 Å². The van der Waals surface area contributed by atoms with Crippen LogP contribution in [0.1, 0.15) is 12.5 Å². The summed E-state index contributed by atoms with van der Waals surface area (Å²) in [6.07, 6.45) is 1.13. The van der Waals surface area contributed by atoms with Crippen LogP contribution in [-0.2, 0) is 0 Å². The number of rotatable bonds is 6. The van der Waals surface area contributed by atoms with E-state index in [-0.39, 0.29) is 21.7 Å². The van der Waals surface area contributed by atoms with Crippen LogP contribution in [0, 0.1) is 14.9 Å². The van der Waals surface area contributed by atoms with E-state index in [9.17, 15) is 20.0 Å². The number of aromatic hydroxyl groups is 1. The molecule has 0 spiro atoms. The summed E-state index contributed by atoms with van der Waals surface area (Å²) in [6.45, 7) is 2.38. The van der Waals surface area contributed by atoms with Crippen LogP contribution < -0.4 is 10.3 Å². The molecule has 0 aliphatic heterocycles. The molecule has 9 nitrogen and oxygen atoms in total. The highest BCUT2D eigenvalue weighted by Gasteiger charge is 2.13. The van der Waals surface area contributed by atoms with Gasteiger partial charge in [0.25, 0.3) is 11.2 Å². The predicted octanol–water partition coefficient (Wildman–Crippen LogP) is 3.66. The van der Waals surface area contributed by atoms with Crippen molar-refractivity contribution in [1.82, 2.24) is 9.55 Å². The lowest BCUT2D eigenvalue weighted by molar-refractivity contribution is -0.384. The normalized spacial score (nSPS) is 10.9. The minimum absolute atomic E-state index is 0.00385. The number of hydrogen-bond donors (Lipinski definition) is 2. The van der Waals surface area contributed by atoms with Gasteiger partial charge in [0, 0.05) is 18.3 Å². The van der Waals surface area contributed by atoms with Gasteiger partial charge in [0.2, 0.25) is 5.88 Å². The van der Waals surface area contributed by atoms with Crippen molar-refractivity contribution < 1.29 is 14.8 Å². The van der Waals surface area contributed by atoms with E-state index < -0.39 is 16.4 Å². The molecule has 3 aromatic rings. The van der Waals surface area contributed by atoms with Crippen molar-refractivity contribution in [3.05, 3.63) is 79.3 Å². The maximum Gasteiger partial charge on any atom is 0.271 e. The highest BCUT2D eigenvalue weighted by Crippen LogP contribution is 2.23. The van der Waals surface area contributed by atoms with Crippen molar-refractivity contribution in [3.8, 4) is 17.3 Å². The van der Waals surface area contributed by atoms with E-state index in [4.69, 9.17) is 17.0 Å². The van der Waals surface area contributed by atoms with E-state index >= 15 is 0 Å². The molecule has 0 aliphatic rings. The maximum atomic E-state index is 12.3. The first-order valence-electron chi connectivity index (χ1n) is 8.50. The molecule has 148 valence electrons. The highest BCUT2D eigenvalue weighted by atomic mass is 32.1. The van der Waals surface area contributed by atoms with E-state index in [0.29, 0.717) is 18.0 Å². The molecule has 29 heavy (non-hydrogen) atoms. The molecule has 0 radical (unpaired) electrons. The number of H-pyrrole nitrogens is 1. The predicted molar refractivity (Wildman–Crippen MR) is 110 cm³/mol. The topological polar surface area (TPSA) is 123 Å². The Labute approximate surface area is 169 Å². The zero-order valence-electron chi connectivity index (χ0n) is 15.2. The fourth-order valence-corrected chi connectivity index (χ4v) is 2.86. The quantitative estimate of drug-likeness (QED) is 0.276. The molecule has 0 unspecified atom stereocenters. The molecule has 0 saturated carbocycles. The molecule has 3 rings (SSSR count). The lowest BCUT2D eigenvalue weighted by Gasteiger charge is -2.12. The summed E-state index contributed by atoms with van der Waals surface area (Å²) in [5, 5.41) is 21.5. The summed E-state index contributed by atoms with van der Waals surface area (Å²) in [7, 11) is 0. The smallest absolute Gasteiger partial charge is 0.271 e. The monoisotopic (exact) mass is 412 g/mol. The SMILES string of the molecule is CCOc1ccc(-n2c(O)c(C=Nc3cccc([N+](=O)[O-])c3)c(=O)[nH]c2=S)cc1. The number of hydrogen-bond acceptors (Lipinski definition) is 7. The molecule has 0 saturated heterocycles. The first-order valence-corrected chi connectivity index (χ1v) is 8.91. The van der Waals surface area contributed by atoms with Gasteiger partial charge >= 0.3 is 0 Å². The molecule has 2 aromatic carbocycles. The van der Waals surface area contributed by atoms with Crippen molar-refractivity contribution in [1.29, 1.82) is 0 Å². The van der Waals surface area contributed by atoms with Gasteiger partial charge in [-0.25, -0.2) is 0 Å². The standard InChI is InChI=1S/C19H16N4O5S/c1-2-28-15-8-6-13(7-9-15)22-18(25)16(17(24)21-19(22)29)11-20-12-4-3-5-14(10-12)23(26)27/h3-11,25H,2H2,1H3,(H,21,24,29). The molecule has 1 aromatic heterocycles. The summed E-state index contributed by atoms with van der Waals surface area (Å²) in [5.41, 5.74) is -0.142. The largest absolute Gasteiger partial charge is 0.494 e. The van der Waals surface area contributed by atoms with Gasteiger partial charge in [0.1, 0.15) is 11.3 Å². The van der Waals surface area contributed by atoms with Gasteiger partial charge in [-0.3, -0.25) is 29.5 Å². The Morgan fingerprint density at radius 2 is 2.03 bits per heavy atom. The van der Waals surface area contributed by atoms with Crippen molar-refractivity contribution in [2.45, 2.75) is 6.92 Å². The number of nitrogens with zero attached hydrogens (tertiary/aromatic N) is 3. The van der Waals surface area contributed by atoms with Crippen molar-refractivity contribution in [2.24, 2.45) is 4.99 Å². The number of aromatic nitrogens is 2. The number of aliphatic imine (C=N–C) groups is 1. The number of benzene rings is 2. The van der Waals surface area contributed by atoms with Crippen molar-refractivity contribution >= 4 is 29.8 Å². The minimum atomic E-state index is -0.635. The van der Waals surface area contributed by atoms with Gasteiger partial charge in [0.15, 0.2) is 4.77 Å². The summed E-state index contributed by atoms with van der Waals surface area (Å²) in [5.74, 6) is 0.247. The summed E-state index contributed by atoms with van der Waals surface area (Å²) in [4.78, 5) is 29.1. The van der Waals surface area contributed by atoms with E-state index in [2.05, 4.69) is 9.98 Å². The molecule has 0 atom stereocenters. The summed E-state index contributed by atoms with van der Waals surface area (Å²) in [6, 6.07) is 12.4. The second-order valence-electron chi connectivity index (χ2n) is 5.79. The van der Waals surface area contributed by atoms with Crippen LogP contribution in [0.25, 0.3) is 5.69 Å². The van der Waals surface area contributed by atoms with Gasteiger partial charge in [-0.1, -0.05) is 6.07 Å². The van der Waals surface area contributed by atoms with E-state index in [1.807, 2.05) is 6.92 Å². The third-order valence-corrected chi connectivity index (χ3v) is 4.19. The van der Waals surface area contributed by atoms with Crippen molar-refractivity contribution in [3.63, 3.8) is 0 Å². The molecule has 10 heteroatoms. The number of non-ortho nitro benzene ring substituents is 1. The Balaban J connectivity index is 2.03. The van der Waals surface area contributed by atoms with Gasteiger partial charge < -0.3 is 9.84 Å². The number of nitro groups is 1. The minimum Gasteiger partial charge on any atom is -0.494 e. The van der Waals surface area contributed by atoms with Crippen LogP contribution in [0.5, 0.6) is 11.6 Å². The van der Waals surface area contributed by atoms with Crippen LogP contribution in [0.3, 0.4) is 0 Å². The second kappa shape index (κ2) is 8.48. The van der Waals surface area contributed by atoms with E-state index in [0.717, 1.165) is 6.21 Å². The molecule has 0 fully saturated rings. The summed E-state index contributed by atoms with van der Waals surface area (Å²) >= 11 is 5.17. The average molecular weight is 412 g/mol. The number of nitrogens with one attached hydrogen (secondary N) is 1. The second-order valence-corrected chi connectivity index (χ2v) is 6.18. The van der Waals surface area contributed by atoms with Crippen LogP contribution in [0.2, 0.25) is 0 Å². The molecule has 0 bridgehead atoms. The fraction of sp³-hybridized carbons (Fsp3) is 0.105. The zero-order valence-corrected chi connectivity index (χ0v) is 16.0. The first-order chi connectivity index (χ1) is 13.9. The molecular weight excluding hydrogens is 396 g/mol. The Kier molecular flexibility index (Phi) is 5.84. The Bertz CT molecular complexity index is 1200. The highest BCUT2D eigenvalue weighted by molar-refractivity contribution is 7.71. The molecule has 2 N–H and O–H groups in total. The number of ether oxygens (including phenoxy) is 1.